The van der Waals surface area contributed by atoms with Crippen molar-refractivity contribution in [3.8, 4) is 17.0 Å². The standard InChI is InChI=1S/C23H24N4O3/c1-4-27-18(12-21(25-27)19-7-5-6-8-22(19)29-3)13-23(28)30-15-16-9-10-20-17(11-16)14-26(2)24-20/h5-12,14H,4,13,15H2,1-3H3. The van der Waals surface area contributed by atoms with Gasteiger partial charge in [-0.1, -0.05) is 18.2 Å². The quantitative estimate of drug-likeness (QED) is 0.439. The highest BCUT2D eigenvalue weighted by molar-refractivity contribution is 5.79. The van der Waals surface area contributed by atoms with Crippen LogP contribution < -0.4 is 4.74 Å². The van der Waals surface area contributed by atoms with Crippen molar-refractivity contribution in [2.24, 2.45) is 7.05 Å². The van der Waals surface area contributed by atoms with Crippen LogP contribution in [0.15, 0.2) is 54.7 Å². The summed E-state index contributed by atoms with van der Waals surface area (Å²) in [4.78, 5) is 12.5. The minimum atomic E-state index is -0.289. The molecule has 30 heavy (non-hydrogen) atoms. The van der Waals surface area contributed by atoms with Crippen molar-refractivity contribution < 1.29 is 14.3 Å². The Morgan fingerprint density at radius 2 is 1.93 bits per heavy atom. The fourth-order valence-electron chi connectivity index (χ4n) is 3.51. The number of nitrogens with zero attached hydrogens (tertiary/aromatic N) is 4. The Bertz CT molecular complexity index is 1190. The second kappa shape index (κ2) is 8.41. The predicted octanol–water partition coefficient (Wildman–Crippen LogP) is 3.75. The number of esters is 1. The molecular formula is C23H24N4O3. The van der Waals surface area contributed by atoms with Gasteiger partial charge in [-0.3, -0.25) is 14.2 Å². The molecule has 154 valence electrons. The molecule has 7 heteroatoms. The third-order valence-electron chi connectivity index (χ3n) is 4.95. The summed E-state index contributed by atoms with van der Waals surface area (Å²) in [6.07, 6.45) is 2.10. The van der Waals surface area contributed by atoms with E-state index in [1.807, 2.05) is 73.4 Å². The number of carbonyl (C=O) groups excluding carboxylic acids is 1. The second-order valence-corrected chi connectivity index (χ2v) is 7.07. The number of para-hydroxylation sites is 1. The molecule has 0 aliphatic carbocycles. The number of rotatable bonds is 7. The molecule has 0 saturated carbocycles. The maximum atomic E-state index is 12.5. The Labute approximate surface area is 174 Å². The fraction of sp³-hybridized carbons (Fsp3) is 0.261. The fourth-order valence-corrected chi connectivity index (χ4v) is 3.51. The molecule has 2 heterocycles. The Balaban J connectivity index is 1.46. The van der Waals surface area contributed by atoms with Crippen LogP contribution >= 0.6 is 0 Å². The molecule has 2 aromatic heterocycles. The molecule has 2 aromatic carbocycles. The van der Waals surface area contributed by atoms with Crippen LogP contribution in [0, 0.1) is 0 Å². The molecule has 0 aliphatic heterocycles. The molecule has 0 radical (unpaired) electrons. The van der Waals surface area contributed by atoms with Gasteiger partial charge in [0.2, 0.25) is 0 Å². The summed E-state index contributed by atoms with van der Waals surface area (Å²) in [5.74, 6) is 0.459. The molecule has 4 aromatic rings. The number of hydrogen-bond donors (Lipinski definition) is 0. The first-order chi connectivity index (χ1) is 14.6. The Hall–Kier alpha value is -3.61. The zero-order valence-corrected chi connectivity index (χ0v) is 17.3. The van der Waals surface area contributed by atoms with Crippen molar-refractivity contribution in [3.63, 3.8) is 0 Å². The van der Waals surface area contributed by atoms with E-state index >= 15 is 0 Å². The highest BCUT2D eigenvalue weighted by atomic mass is 16.5. The lowest BCUT2D eigenvalue weighted by Gasteiger charge is -2.06. The van der Waals surface area contributed by atoms with Gasteiger partial charge in [-0.15, -0.1) is 0 Å². The lowest BCUT2D eigenvalue weighted by Crippen LogP contribution is -2.12. The molecule has 0 bridgehead atoms. The molecule has 0 atom stereocenters. The van der Waals surface area contributed by atoms with E-state index in [1.165, 1.54) is 0 Å². The Morgan fingerprint density at radius 3 is 2.73 bits per heavy atom. The van der Waals surface area contributed by atoms with Crippen LogP contribution in [-0.2, 0) is 36.2 Å². The number of benzene rings is 2. The first-order valence-corrected chi connectivity index (χ1v) is 9.85. The first kappa shape index (κ1) is 19.7. The van der Waals surface area contributed by atoms with E-state index in [2.05, 4.69) is 10.2 Å². The lowest BCUT2D eigenvalue weighted by molar-refractivity contribution is -0.144. The molecule has 0 spiro atoms. The number of hydrogen-bond acceptors (Lipinski definition) is 5. The van der Waals surface area contributed by atoms with E-state index in [4.69, 9.17) is 9.47 Å². The van der Waals surface area contributed by atoms with Crippen LogP contribution in [0.25, 0.3) is 22.2 Å². The minimum absolute atomic E-state index is 0.158. The summed E-state index contributed by atoms with van der Waals surface area (Å²) in [5, 5.41) is 10.0. The van der Waals surface area contributed by atoms with Gasteiger partial charge in [0.25, 0.3) is 0 Å². The van der Waals surface area contributed by atoms with Crippen molar-refractivity contribution in [1.29, 1.82) is 0 Å². The first-order valence-electron chi connectivity index (χ1n) is 9.85. The monoisotopic (exact) mass is 404 g/mol. The van der Waals surface area contributed by atoms with Gasteiger partial charge in [0.05, 0.1) is 30.4 Å². The Kier molecular flexibility index (Phi) is 5.52. The van der Waals surface area contributed by atoms with E-state index in [0.717, 1.165) is 39.2 Å². The topological polar surface area (TPSA) is 71.2 Å². The maximum absolute atomic E-state index is 12.5. The molecule has 0 fully saturated rings. The largest absolute Gasteiger partial charge is 0.496 e. The van der Waals surface area contributed by atoms with Gasteiger partial charge in [-0.25, -0.2) is 0 Å². The van der Waals surface area contributed by atoms with E-state index < -0.39 is 0 Å². The summed E-state index contributed by atoms with van der Waals surface area (Å²) < 4.78 is 14.5. The van der Waals surface area contributed by atoms with Crippen LogP contribution in [0.4, 0.5) is 0 Å². The van der Waals surface area contributed by atoms with Crippen molar-refractivity contribution >= 4 is 16.9 Å². The van der Waals surface area contributed by atoms with Gasteiger partial charge in [0, 0.05) is 30.7 Å². The number of carbonyl (C=O) groups is 1. The van der Waals surface area contributed by atoms with Gasteiger partial charge < -0.3 is 9.47 Å². The van der Waals surface area contributed by atoms with Crippen LogP contribution in [0.3, 0.4) is 0 Å². The van der Waals surface area contributed by atoms with Gasteiger partial charge in [-0.05, 0) is 42.8 Å². The molecule has 0 aliphatic rings. The third kappa shape index (κ3) is 4.05. The summed E-state index contributed by atoms with van der Waals surface area (Å²) in [5.41, 5.74) is 4.34. The van der Waals surface area contributed by atoms with Crippen molar-refractivity contribution in [2.75, 3.05) is 7.11 Å². The van der Waals surface area contributed by atoms with Gasteiger partial charge in [0.15, 0.2) is 0 Å². The van der Waals surface area contributed by atoms with Crippen molar-refractivity contribution in [2.45, 2.75) is 26.5 Å². The van der Waals surface area contributed by atoms with Crippen LogP contribution in [-0.4, -0.2) is 32.6 Å². The number of methoxy groups -OCH3 is 1. The maximum Gasteiger partial charge on any atom is 0.312 e. The number of fused-ring (bicyclic) bond motifs is 1. The van der Waals surface area contributed by atoms with E-state index in [-0.39, 0.29) is 19.0 Å². The molecule has 0 saturated heterocycles. The lowest BCUT2D eigenvalue weighted by atomic mass is 10.1. The summed E-state index contributed by atoms with van der Waals surface area (Å²) in [7, 11) is 3.52. The number of aromatic nitrogens is 4. The highest BCUT2D eigenvalue weighted by Gasteiger charge is 2.15. The summed E-state index contributed by atoms with van der Waals surface area (Å²) in [6, 6.07) is 15.5. The number of aryl methyl sites for hydroxylation is 2. The Morgan fingerprint density at radius 1 is 1.10 bits per heavy atom. The van der Waals surface area contributed by atoms with Crippen LogP contribution in [0.5, 0.6) is 5.75 Å². The number of ether oxygens (including phenoxy) is 2. The van der Waals surface area contributed by atoms with E-state index in [1.54, 1.807) is 11.8 Å². The van der Waals surface area contributed by atoms with Gasteiger partial charge >= 0.3 is 5.97 Å². The third-order valence-corrected chi connectivity index (χ3v) is 4.95. The van der Waals surface area contributed by atoms with Gasteiger partial charge in [-0.2, -0.15) is 10.2 Å². The average molecular weight is 404 g/mol. The zero-order valence-electron chi connectivity index (χ0n) is 17.3. The summed E-state index contributed by atoms with van der Waals surface area (Å²) >= 11 is 0. The van der Waals surface area contributed by atoms with E-state index in [0.29, 0.717) is 6.54 Å². The summed E-state index contributed by atoms with van der Waals surface area (Å²) in [6.45, 7) is 2.88. The van der Waals surface area contributed by atoms with Crippen molar-refractivity contribution in [1.82, 2.24) is 19.6 Å². The smallest absolute Gasteiger partial charge is 0.312 e. The SMILES string of the molecule is CCn1nc(-c2ccccc2OC)cc1CC(=O)OCc1ccc2nn(C)cc2c1. The van der Waals surface area contributed by atoms with Crippen LogP contribution in [0.2, 0.25) is 0 Å². The minimum Gasteiger partial charge on any atom is -0.496 e. The predicted molar refractivity (Wildman–Crippen MR) is 114 cm³/mol. The molecule has 0 N–H and O–H groups in total. The molecule has 7 nitrogen and oxygen atoms in total. The van der Waals surface area contributed by atoms with Crippen LogP contribution in [0.1, 0.15) is 18.2 Å². The molecule has 0 unspecified atom stereocenters. The van der Waals surface area contributed by atoms with Gasteiger partial charge in [0.1, 0.15) is 12.4 Å². The highest BCUT2D eigenvalue weighted by Crippen LogP contribution is 2.29. The zero-order chi connectivity index (χ0) is 21.1. The molecular weight excluding hydrogens is 380 g/mol. The van der Waals surface area contributed by atoms with Crippen molar-refractivity contribution in [3.05, 3.63) is 66.0 Å². The molecule has 0 amide bonds. The van der Waals surface area contributed by atoms with E-state index in [9.17, 15) is 4.79 Å². The normalized spacial score (nSPS) is 11.0. The second-order valence-electron chi connectivity index (χ2n) is 7.07. The average Bonchev–Trinajstić information content (AvgIpc) is 3.33. The molecule has 4 rings (SSSR count).